The van der Waals surface area contributed by atoms with Gasteiger partial charge in [0.1, 0.15) is 23.2 Å². The molecule has 6 rings (SSSR count). The first kappa shape index (κ1) is 29.6. The second kappa shape index (κ2) is 13.8. The van der Waals surface area contributed by atoms with E-state index in [1.165, 1.54) is 11.1 Å². The van der Waals surface area contributed by atoms with Gasteiger partial charge in [0.2, 0.25) is 0 Å². The van der Waals surface area contributed by atoms with Gasteiger partial charge in [-0.3, -0.25) is 0 Å². The lowest BCUT2D eigenvalue weighted by atomic mass is 9.77. The zero-order chi connectivity index (χ0) is 28.7. The van der Waals surface area contributed by atoms with Gasteiger partial charge in [0.05, 0.1) is 6.10 Å². The molecular weight excluding hydrogens is 510 g/mol. The summed E-state index contributed by atoms with van der Waals surface area (Å²) < 4.78 is 13.4. The highest BCUT2D eigenvalue weighted by molar-refractivity contribution is 5.48. The van der Waals surface area contributed by atoms with Crippen LogP contribution in [0.3, 0.4) is 0 Å². The SMILES string of the molecule is CN1CCC(O)CC1.CN1CCC(Oc2cccc3c2CC(N)C(Cc2ccccc2)(Cc2ccccc2)O3)CC1. The van der Waals surface area contributed by atoms with Crippen LogP contribution in [0.1, 0.15) is 42.4 Å². The van der Waals surface area contributed by atoms with E-state index < -0.39 is 5.60 Å². The summed E-state index contributed by atoms with van der Waals surface area (Å²) in [6, 6.07) is 27.2. The molecule has 0 aliphatic carbocycles. The molecule has 0 bridgehead atoms. The summed E-state index contributed by atoms with van der Waals surface area (Å²) >= 11 is 0. The van der Waals surface area contributed by atoms with Crippen LogP contribution in [0, 0.1) is 0 Å². The van der Waals surface area contributed by atoms with Crippen LogP contribution < -0.4 is 15.2 Å². The summed E-state index contributed by atoms with van der Waals surface area (Å²) in [5.74, 6) is 1.85. The van der Waals surface area contributed by atoms with Gasteiger partial charge in [-0.05, 0) is 69.5 Å². The number of hydrogen-bond acceptors (Lipinski definition) is 6. The maximum Gasteiger partial charge on any atom is 0.132 e. The molecule has 0 radical (unpaired) electrons. The first-order valence-corrected chi connectivity index (χ1v) is 15.3. The Morgan fingerprint density at radius 2 is 1.32 bits per heavy atom. The quantitative estimate of drug-likeness (QED) is 0.457. The number of nitrogens with zero attached hydrogens (tertiary/aromatic N) is 2. The summed E-state index contributed by atoms with van der Waals surface area (Å²) in [5.41, 5.74) is 10.0. The van der Waals surface area contributed by atoms with Crippen LogP contribution in [-0.2, 0) is 19.3 Å². The van der Waals surface area contributed by atoms with E-state index in [4.69, 9.17) is 20.3 Å². The van der Waals surface area contributed by atoms with Gasteiger partial charge in [-0.15, -0.1) is 0 Å². The third-order valence-electron chi connectivity index (χ3n) is 8.84. The molecule has 0 amide bonds. The van der Waals surface area contributed by atoms with Gasteiger partial charge < -0.3 is 30.1 Å². The molecule has 3 heterocycles. The van der Waals surface area contributed by atoms with E-state index in [2.05, 4.69) is 103 Å². The number of benzene rings is 3. The summed E-state index contributed by atoms with van der Waals surface area (Å²) in [7, 11) is 4.26. The Bertz CT molecular complexity index is 1150. The highest BCUT2D eigenvalue weighted by Gasteiger charge is 2.44. The van der Waals surface area contributed by atoms with Crippen molar-refractivity contribution in [1.29, 1.82) is 0 Å². The maximum atomic E-state index is 9.00. The van der Waals surface area contributed by atoms with Crippen LogP contribution in [0.25, 0.3) is 0 Å². The van der Waals surface area contributed by atoms with Crippen molar-refractivity contribution in [2.45, 2.75) is 68.8 Å². The van der Waals surface area contributed by atoms with Crippen LogP contribution in [0.15, 0.2) is 78.9 Å². The van der Waals surface area contributed by atoms with Crippen molar-refractivity contribution in [1.82, 2.24) is 9.80 Å². The highest BCUT2D eigenvalue weighted by Crippen LogP contribution is 2.41. The zero-order valence-corrected chi connectivity index (χ0v) is 24.8. The Hall–Kier alpha value is -2.90. The molecule has 3 aromatic rings. The van der Waals surface area contributed by atoms with E-state index in [1.54, 1.807) is 0 Å². The third kappa shape index (κ3) is 7.89. The van der Waals surface area contributed by atoms with Crippen molar-refractivity contribution in [3.05, 3.63) is 95.6 Å². The van der Waals surface area contributed by atoms with E-state index >= 15 is 0 Å². The molecule has 3 aliphatic heterocycles. The summed E-state index contributed by atoms with van der Waals surface area (Å²) in [6.45, 7) is 4.27. The van der Waals surface area contributed by atoms with Crippen LogP contribution in [-0.4, -0.2) is 79.0 Å². The largest absolute Gasteiger partial charge is 0.490 e. The first-order chi connectivity index (χ1) is 19.9. The predicted octanol–water partition coefficient (Wildman–Crippen LogP) is 4.72. The van der Waals surface area contributed by atoms with Crippen LogP contribution in [0.4, 0.5) is 0 Å². The second-order valence-electron chi connectivity index (χ2n) is 12.2. The van der Waals surface area contributed by atoms with E-state index in [0.29, 0.717) is 0 Å². The van der Waals surface area contributed by atoms with Crippen LogP contribution in [0.2, 0.25) is 0 Å². The molecular formula is C35H47N3O3. The second-order valence-corrected chi connectivity index (χ2v) is 12.2. The van der Waals surface area contributed by atoms with Crippen molar-refractivity contribution in [3.63, 3.8) is 0 Å². The summed E-state index contributed by atoms with van der Waals surface area (Å²) in [5, 5.41) is 9.00. The van der Waals surface area contributed by atoms with E-state index in [0.717, 1.165) is 88.2 Å². The number of ether oxygens (including phenoxy) is 2. The number of rotatable bonds is 6. The van der Waals surface area contributed by atoms with Crippen LogP contribution >= 0.6 is 0 Å². The van der Waals surface area contributed by atoms with Gasteiger partial charge in [0.25, 0.3) is 0 Å². The first-order valence-electron chi connectivity index (χ1n) is 15.3. The number of aliphatic hydroxyl groups is 1. The maximum absolute atomic E-state index is 9.00. The Kier molecular flexibility index (Phi) is 9.99. The monoisotopic (exact) mass is 557 g/mol. The van der Waals surface area contributed by atoms with Gasteiger partial charge in [-0.1, -0.05) is 66.7 Å². The Morgan fingerprint density at radius 3 is 1.85 bits per heavy atom. The standard InChI is InChI=1S/C29H34N2O2.C6H13NO/c1-31-17-15-24(16-18-31)32-26-13-8-14-27-25(26)19-28(30)29(33-27,20-22-9-4-2-5-10-22)21-23-11-6-3-7-12-23;1-7-4-2-6(8)3-5-7/h2-14,24,28H,15-21,30H2,1H3;6,8H,2-5H2,1H3. The van der Waals surface area contributed by atoms with Crippen molar-refractivity contribution in [2.75, 3.05) is 40.3 Å². The van der Waals surface area contributed by atoms with Gasteiger partial charge >= 0.3 is 0 Å². The molecule has 2 saturated heterocycles. The lowest BCUT2D eigenvalue weighted by Crippen LogP contribution is -2.58. The molecule has 1 atom stereocenters. The average molecular weight is 558 g/mol. The molecule has 3 aromatic carbocycles. The fourth-order valence-corrected chi connectivity index (χ4v) is 6.21. The van der Waals surface area contributed by atoms with E-state index in [-0.39, 0.29) is 18.2 Å². The Morgan fingerprint density at radius 1 is 0.780 bits per heavy atom. The topological polar surface area (TPSA) is 71.2 Å². The van der Waals surface area contributed by atoms with Crippen molar-refractivity contribution in [3.8, 4) is 11.5 Å². The molecule has 220 valence electrons. The molecule has 41 heavy (non-hydrogen) atoms. The summed E-state index contributed by atoms with van der Waals surface area (Å²) in [4.78, 5) is 4.60. The lowest BCUT2D eigenvalue weighted by molar-refractivity contribution is 0.0254. The molecule has 3 N–H and O–H groups in total. The molecule has 0 aromatic heterocycles. The van der Waals surface area contributed by atoms with Crippen molar-refractivity contribution < 1.29 is 14.6 Å². The van der Waals surface area contributed by atoms with Gasteiger partial charge in [0, 0.05) is 50.6 Å². The lowest BCUT2D eigenvalue weighted by Gasteiger charge is -2.44. The fraction of sp³-hybridized carbons (Fsp3) is 0.486. The normalized spacial score (nSPS) is 21.7. The highest BCUT2D eigenvalue weighted by atomic mass is 16.5. The number of piperidine rings is 2. The predicted molar refractivity (Wildman–Crippen MR) is 166 cm³/mol. The number of aliphatic hydroxyl groups excluding tert-OH is 1. The molecule has 2 fully saturated rings. The van der Waals surface area contributed by atoms with E-state index in [1.807, 2.05) is 0 Å². The van der Waals surface area contributed by atoms with Crippen molar-refractivity contribution >= 4 is 0 Å². The number of likely N-dealkylation sites (tertiary alicyclic amines) is 2. The third-order valence-corrected chi connectivity index (χ3v) is 8.84. The Labute approximate surface area is 246 Å². The average Bonchev–Trinajstić information content (AvgIpc) is 2.98. The molecule has 0 saturated carbocycles. The molecule has 6 nitrogen and oxygen atoms in total. The number of hydrogen-bond donors (Lipinski definition) is 2. The minimum atomic E-state index is -0.512. The minimum absolute atomic E-state index is 0.0220. The molecule has 0 spiro atoms. The Balaban J connectivity index is 0.000000365. The van der Waals surface area contributed by atoms with Gasteiger partial charge in [-0.25, -0.2) is 0 Å². The smallest absolute Gasteiger partial charge is 0.132 e. The minimum Gasteiger partial charge on any atom is -0.490 e. The molecule has 1 unspecified atom stereocenters. The van der Waals surface area contributed by atoms with Crippen LogP contribution in [0.5, 0.6) is 11.5 Å². The number of fused-ring (bicyclic) bond motifs is 1. The zero-order valence-electron chi connectivity index (χ0n) is 24.8. The van der Waals surface area contributed by atoms with Gasteiger partial charge in [-0.2, -0.15) is 0 Å². The van der Waals surface area contributed by atoms with Gasteiger partial charge in [0.15, 0.2) is 0 Å². The van der Waals surface area contributed by atoms with E-state index in [9.17, 15) is 0 Å². The molecule has 6 heteroatoms. The molecule has 3 aliphatic rings. The fourth-order valence-electron chi connectivity index (χ4n) is 6.21. The van der Waals surface area contributed by atoms with Crippen molar-refractivity contribution in [2.24, 2.45) is 5.73 Å². The summed E-state index contributed by atoms with van der Waals surface area (Å²) in [6.07, 6.45) is 6.53. The number of nitrogens with two attached hydrogens (primary N) is 1.